The third-order valence-corrected chi connectivity index (χ3v) is 2.95. The highest BCUT2D eigenvalue weighted by Crippen LogP contribution is 2.33. The minimum absolute atomic E-state index is 0.357. The number of hydrogen-bond donors (Lipinski definition) is 1. The van der Waals surface area contributed by atoms with Crippen molar-refractivity contribution < 1.29 is 27.5 Å². The highest BCUT2D eigenvalue weighted by molar-refractivity contribution is 5.92. The van der Waals surface area contributed by atoms with Gasteiger partial charge < -0.3 is 10.5 Å². The Labute approximate surface area is 106 Å². The largest absolute Gasteiger partial charge is 0.491 e. The van der Waals surface area contributed by atoms with Gasteiger partial charge in [-0.25, -0.2) is 4.79 Å². The molecule has 1 aromatic carbocycles. The molecule has 0 spiro atoms. The molecule has 2 N–H and O–H groups in total. The van der Waals surface area contributed by atoms with Gasteiger partial charge in [0.2, 0.25) is 0 Å². The van der Waals surface area contributed by atoms with E-state index in [1.54, 1.807) is 24.3 Å². The van der Waals surface area contributed by atoms with Crippen molar-refractivity contribution in [1.29, 1.82) is 0 Å². The maximum Gasteiger partial charge on any atom is 0.491 e. The summed E-state index contributed by atoms with van der Waals surface area (Å²) in [6.07, 6.45) is -4.84. The van der Waals surface area contributed by atoms with E-state index in [0.29, 0.717) is 12.0 Å². The Morgan fingerprint density at radius 1 is 1.26 bits per heavy atom. The van der Waals surface area contributed by atoms with Gasteiger partial charge in [-0.05, 0) is 17.5 Å². The summed E-state index contributed by atoms with van der Waals surface area (Å²) >= 11 is 0. The average Bonchev–Trinajstić information content (AvgIpc) is 2.63. The number of halogens is 3. The summed E-state index contributed by atoms with van der Waals surface area (Å²) in [4.78, 5) is 22.3. The zero-order valence-electron chi connectivity index (χ0n) is 9.61. The van der Waals surface area contributed by atoms with Crippen LogP contribution in [0.2, 0.25) is 0 Å². The van der Waals surface area contributed by atoms with Crippen LogP contribution in [-0.4, -0.2) is 24.2 Å². The minimum Gasteiger partial charge on any atom is -0.386 e. The van der Waals surface area contributed by atoms with Gasteiger partial charge in [-0.15, -0.1) is 0 Å². The fraction of sp³-hybridized carbons (Fsp3) is 0.333. The first-order valence-electron chi connectivity index (χ1n) is 5.47. The van der Waals surface area contributed by atoms with E-state index in [4.69, 9.17) is 5.73 Å². The normalized spacial score (nSPS) is 21.9. The predicted octanol–water partition coefficient (Wildman–Crippen LogP) is 1.29. The van der Waals surface area contributed by atoms with Crippen LogP contribution in [0.5, 0.6) is 0 Å². The molecule has 0 radical (unpaired) electrons. The molecule has 1 aliphatic carbocycles. The molecule has 0 heterocycles. The number of benzene rings is 1. The van der Waals surface area contributed by atoms with Gasteiger partial charge in [0.1, 0.15) is 0 Å². The molecule has 19 heavy (non-hydrogen) atoms. The second kappa shape index (κ2) is 4.65. The lowest BCUT2D eigenvalue weighted by atomic mass is 9.99. The highest BCUT2D eigenvalue weighted by Gasteiger charge is 2.45. The SMILES string of the molecule is N[C@@H]1Cc2ccccc2[C@H]1C(=O)OC(=O)C(F)(F)F. The first kappa shape index (κ1) is 13.5. The molecule has 0 unspecified atom stereocenters. The van der Waals surface area contributed by atoms with Crippen molar-refractivity contribution in [3.05, 3.63) is 35.4 Å². The van der Waals surface area contributed by atoms with E-state index in [-0.39, 0.29) is 0 Å². The van der Waals surface area contributed by atoms with Gasteiger partial charge in [-0.3, -0.25) is 4.79 Å². The van der Waals surface area contributed by atoms with Crippen LogP contribution < -0.4 is 5.73 Å². The van der Waals surface area contributed by atoms with E-state index in [9.17, 15) is 22.8 Å². The number of rotatable bonds is 1. The first-order chi connectivity index (χ1) is 8.80. The highest BCUT2D eigenvalue weighted by atomic mass is 19.4. The number of esters is 2. The van der Waals surface area contributed by atoms with Crippen molar-refractivity contribution in [2.24, 2.45) is 5.73 Å². The van der Waals surface area contributed by atoms with E-state index in [1.165, 1.54) is 0 Å². The Bertz CT molecular complexity index is 527. The van der Waals surface area contributed by atoms with Crippen LogP contribution in [0.25, 0.3) is 0 Å². The Hall–Kier alpha value is -1.89. The predicted molar refractivity (Wildman–Crippen MR) is 58.0 cm³/mol. The fourth-order valence-corrected chi connectivity index (χ4v) is 2.14. The lowest BCUT2D eigenvalue weighted by Gasteiger charge is -2.15. The Balaban J connectivity index is 2.19. The molecule has 0 aliphatic heterocycles. The van der Waals surface area contributed by atoms with E-state index >= 15 is 0 Å². The summed E-state index contributed by atoms with van der Waals surface area (Å²) in [7, 11) is 0. The molecule has 0 aromatic heterocycles. The first-order valence-corrected chi connectivity index (χ1v) is 5.47. The van der Waals surface area contributed by atoms with Crippen LogP contribution in [0, 0.1) is 0 Å². The van der Waals surface area contributed by atoms with Crippen LogP contribution >= 0.6 is 0 Å². The van der Waals surface area contributed by atoms with Crippen molar-refractivity contribution in [1.82, 2.24) is 0 Å². The summed E-state index contributed by atoms with van der Waals surface area (Å²) in [6, 6.07) is 6.01. The van der Waals surface area contributed by atoms with Crippen molar-refractivity contribution in [2.45, 2.75) is 24.6 Å². The number of alkyl halides is 3. The number of nitrogens with two attached hydrogens (primary N) is 1. The molecular formula is C12H10F3NO3. The molecule has 0 fully saturated rings. The van der Waals surface area contributed by atoms with Gasteiger partial charge in [0.25, 0.3) is 0 Å². The Morgan fingerprint density at radius 3 is 2.53 bits per heavy atom. The third-order valence-electron chi connectivity index (χ3n) is 2.95. The molecule has 1 aromatic rings. The summed E-state index contributed by atoms with van der Waals surface area (Å²) in [5.74, 6) is -4.82. The second-order valence-corrected chi connectivity index (χ2v) is 4.25. The second-order valence-electron chi connectivity index (χ2n) is 4.25. The summed E-state index contributed by atoms with van der Waals surface area (Å²) in [6.45, 7) is 0. The summed E-state index contributed by atoms with van der Waals surface area (Å²) in [5, 5.41) is 0. The van der Waals surface area contributed by atoms with Crippen molar-refractivity contribution in [3.63, 3.8) is 0 Å². The standard InChI is InChI=1S/C12H10F3NO3/c13-12(14,15)11(18)19-10(17)9-7-4-2-1-3-6(7)5-8(9)16/h1-4,8-9H,5,16H2/t8-,9-/m1/s1. The average molecular weight is 273 g/mol. The minimum atomic E-state index is -5.20. The molecule has 0 saturated heterocycles. The van der Waals surface area contributed by atoms with E-state index in [0.717, 1.165) is 5.56 Å². The molecule has 2 rings (SSSR count). The molecule has 0 amide bonds. The number of hydrogen-bond acceptors (Lipinski definition) is 4. The van der Waals surface area contributed by atoms with Crippen molar-refractivity contribution >= 4 is 11.9 Å². The monoisotopic (exact) mass is 273 g/mol. The molecule has 102 valence electrons. The fourth-order valence-electron chi connectivity index (χ4n) is 2.14. The van der Waals surface area contributed by atoms with Crippen molar-refractivity contribution in [2.75, 3.05) is 0 Å². The molecule has 1 aliphatic rings. The van der Waals surface area contributed by atoms with E-state index in [1.807, 2.05) is 0 Å². The number of carbonyl (C=O) groups is 2. The lowest BCUT2D eigenvalue weighted by molar-refractivity contribution is -0.202. The Kier molecular flexibility index (Phi) is 3.32. The number of carbonyl (C=O) groups excluding carboxylic acids is 2. The number of ether oxygens (including phenoxy) is 1. The van der Waals surface area contributed by atoms with E-state index < -0.39 is 30.1 Å². The molecule has 0 bridgehead atoms. The summed E-state index contributed by atoms with van der Waals surface area (Å²) < 4.78 is 39.9. The van der Waals surface area contributed by atoms with Crippen molar-refractivity contribution in [3.8, 4) is 0 Å². The molecule has 4 nitrogen and oxygen atoms in total. The quantitative estimate of drug-likeness (QED) is 0.618. The van der Waals surface area contributed by atoms with Crippen LogP contribution in [0.3, 0.4) is 0 Å². The topological polar surface area (TPSA) is 69.4 Å². The zero-order valence-corrected chi connectivity index (χ0v) is 9.61. The van der Waals surface area contributed by atoms with Crippen LogP contribution in [0.15, 0.2) is 24.3 Å². The van der Waals surface area contributed by atoms with Crippen LogP contribution in [-0.2, 0) is 20.7 Å². The van der Waals surface area contributed by atoms with E-state index in [2.05, 4.69) is 4.74 Å². The van der Waals surface area contributed by atoms with Crippen LogP contribution in [0.1, 0.15) is 17.0 Å². The smallest absolute Gasteiger partial charge is 0.386 e. The van der Waals surface area contributed by atoms with Gasteiger partial charge in [-0.2, -0.15) is 13.2 Å². The number of fused-ring (bicyclic) bond motifs is 1. The van der Waals surface area contributed by atoms with Gasteiger partial charge >= 0.3 is 18.1 Å². The molecular weight excluding hydrogens is 263 g/mol. The van der Waals surface area contributed by atoms with Crippen LogP contribution in [0.4, 0.5) is 13.2 Å². The third kappa shape index (κ3) is 2.60. The Morgan fingerprint density at radius 2 is 1.89 bits per heavy atom. The molecule has 0 saturated carbocycles. The molecule has 2 atom stereocenters. The van der Waals surface area contributed by atoms with Gasteiger partial charge in [0.15, 0.2) is 0 Å². The van der Waals surface area contributed by atoms with Gasteiger partial charge in [-0.1, -0.05) is 24.3 Å². The maximum atomic E-state index is 12.0. The van der Waals surface area contributed by atoms with Gasteiger partial charge in [0.05, 0.1) is 5.92 Å². The lowest BCUT2D eigenvalue weighted by Crippen LogP contribution is -2.36. The summed E-state index contributed by atoms with van der Waals surface area (Å²) in [5.41, 5.74) is 7.01. The van der Waals surface area contributed by atoms with Gasteiger partial charge in [0, 0.05) is 6.04 Å². The zero-order chi connectivity index (χ0) is 14.2. The molecule has 7 heteroatoms. The maximum absolute atomic E-state index is 12.0.